The van der Waals surface area contributed by atoms with Crippen molar-refractivity contribution in [1.82, 2.24) is 35.7 Å². The van der Waals surface area contributed by atoms with Gasteiger partial charge in [0.05, 0.1) is 41.7 Å². The second-order valence-electron chi connectivity index (χ2n) is 23.1. The van der Waals surface area contributed by atoms with Crippen LogP contribution in [0.15, 0.2) is 41.2 Å². The van der Waals surface area contributed by atoms with Gasteiger partial charge in [0.2, 0.25) is 17.7 Å². The first-order valence-corrected chi connectivity index (χ1v) is 28.2. The fourth-order valence-electron chi connectivity index (χ4n) is 11.2. The van der Waals surface area contributed by atoms with Gasteiger partial charge in [-0.15, -0.1) is 0 Å². The maximum absolute atomic E-state index is 15.5. The van der Waals surface area contributed by atoms with Crippen LogP contribution < -0.4 is 26.8 Å². The molecular weight excluding hydrogens is 1010 g/mol. The number of rotatable bonds is 25. The Morgan fingerprint density at radius 1 is 0.949 bits per heavy atom. The van der Waals surface area contributed by atoms with Crippen LogP contribution in [0.3, 0.4) is 0 Å². The third kappa shape index (κ3) is 15.0. The van der Waals surface area contributed by atoms with Crippen molar-refractivity contribution in [3.05, 3.63) is 86.0 Å². The van der Waals surface area contributed by atoms with Crippen LogP contribution in [0, 0.1) is 18.7 Å². The summed E-state index contributed by atoms with van der Waals surface area (Å²) in [6.07, 6.45) is 13.2. The molecule has 5 unspecified atom stereocenters. The van der Waals surface area contributed by atoms with Gasteiger partial charge in [-0.05, 0) is 159 Å². The Kier molecular flexibility index (Phi) is 20.2. The molecule has 1 aromatic carbocycles. The minimum Gasteiger partial charge on any atom is -0.442 e. The van der Waals surface area contributed by atoms with Crippen LogP contribution in [-0.2, 0) is 62.6 Å². The first kappa shape index (κ1) is 60.0. The molecule has 19 heteroatoms. The maximum Gasteiger partial charge on any atom is 0.408 e. The van der Waals surface area contributed by atoms with E-state index in [9.17, 15) is 38.4 Å². The number of aromatic nitrogens is 2. The van der Waals surface area contributed by atoms with Gasteiger partial charge < -0.3 is 44.8 Å². The molecule has 0 fully saturated rings. The lowest BCUT2D eigenvalue weighted by Crippen LogP contribution is -2.53. The number of aldehydes is 1. The summed E-state index contributed by atoms with van der Waals surface area (Å²) in [5.74, 6) is -2.65. The lowest BCUT2D eigenvalue weighted by atomic mass is 9.82. The molecule has 0 radical (unpaired) electrons. The number of hydrogen-bond donors (Lipinski definition) is 4. The van der Waals surface area contributed by atoms with Crippen molar-refractivity contribution in [2.45, 2.75) is 193 Å². The van der Waals surface area contributed by atoms with E-state index in [1.165, 1.54) is 30.2 Å². The van der Waals surface area contributed by atoms with E-state index in [4.69, 9.17) is 19.2 Å². The number of alkyl carbamates (subject to hydrolysis) is 1. The highest BCUT2D eigenvalue weighted by molar-refractivity contribution is 6.12. The molecule has 4 heterocycles. The summed E-state index contributed by atoms with van der Waals surface area (Å²) >= 11 is 0. The summed E-state index contributed by atoms with van der Waals surface area (Å²) in [5.41, 5.74) is 3.93. The smallest absolute Gasteiger partial charge is 0.408 e. The summed E-state index contributed by atoms with van der Waals surface area (Å²) in [4.78, 5) is 111. The zero-order valence-corrected chi connectivity index (χ0v) is 47.3. The molecule has 2 aliphatic heterocycles. The van der Waals surface area contributed by atoms with Gasteiger partial charge in [0.25, 0.3) is 17.4 Å². The quantitative estimate of drug-likeness (QED) is 0.0215. The number of allylic oxidation sites excluding steroid dienone is 1. The molecule has 0 bridgehead atoms. The van der Waals surface area contributed by atoms with E-state index in [-0.39, 0.29) is 72.7 Å². The largest absolute Gasteiger partial charge is 0.442 e. The minimum atomic E-state index is -0.812. The third-order valence-electron chi connectivity index (χ3n) is 15.6. The van der Waals surface area contributed by atoms with Crippen molar-refractivity contribution >= 4 is 52.8 Å². The number of fused-ring (bicyclic) bond motifs is 4. The SMILES string of the molecule is CCC(C=O)c1cc2n(c(=O)c1COC)Cc1c-2nc2cc(F)c(C)c3c2c1C(NC(=O)OC1/C=C/CCC(C(=O)NCCCCC(NC(=O)CCCCCN2C(=O)C=CC2=O)C(=O)NC(C)(C)CCOC(C)(C)C)CC1)CC3. The third-order valence-corrected chi connectivity index (χ3v) is 15.6. The number of carbonyl (C=O) groups excluding carboxylic acids is 7. The predicted molar refractivity (Wildman–Crippen MR) is 296 cm³/mol. The van der Waals surface area contributed by atoms with Gasteiger partial charge in [-0.2, -0.15) is 0 Å². The van der Waals surface area contributed by atoms with E-state index in [1.807, 2.05) is 59.8 Å². The molecule has 428 valence electrons. The molecule has 4 aliphatic rings. The van der Waals surface area contributed by atoms with E-state index < -0.39 is 41.6 Å². The van der Waals surface area contributed by atoms with Gasteiger partial charge in [-0.3, -0.25) is 33.7 Å². The standard InChI is InChI=1S/C60H80FN7O11/c1-9-37(34-69)41-31-48-54-42(33-68(48)57(75)43(41)35-77-8)53-45(24-23-40-36(2)44(61)32-47(64-54)52(40)53)65-58(76)79-39-18-13-12-17-38(21-22-39)55(73)62-28-15-14-19-46(56(74)66-60(6,7)27-30-78-59(3,4)5)63-49(70)20-11-10-16-29-67-50(71)25-26-51(67)72/h13,18,25-26,31-32,34,37-39,45-46H,9-12,14-17,19-24,27-30,33,35H2,1-8H3,(H,62,73)(H,63,70)(H,65,76)(H,66,74)/b18-13+. The van der Waals surface area contributed by atoms with Crippen molar-refractivity contribution in [3.63, 3.8) is 0 Å². The number of hydrogen-bond acceptors (Lipinski definition) is 12. The van der Waals surface area contributed by atoms with E-state index in [0.717, 1.165) is 28.4 Å². The number of nitrogens with one attached hydrogen (secondary N) is 4. The summed E-state index contributed by atoms with van der Waals surface area (Å²) in [5, 5.41) is 12.9. The normalized spacial score (nSPS) is 19.0. The molecule has 2 aromatic heterocycles. The van der Waals surface area contributed by atoms with E-state index in [0.29, 0.717) is 137 Å². The van der Waals surface area contributed by atoms with E-state index >= 15 is 4.39 Å². The number of aryl methyl sites for hydroxylation is 1. The average Bonchev–Trinajstić information content (AvgIpc) is 4.09. The summed E-state index contributed by atoms with van der Waals surface area (Å²) in [6, 6.07) is 1.85. The van der Waals surface area contributed by atoms with Crippen molar-refractivity contribution in [2.24, 2.45) is 5.92 Å². The highest BCUT2D eigenvalue weighted by Gasteiger charge is 2.37. The minimum absolute atomic E-state index is 0.0187. The fraction of sp³-hybridized carbons (Fsp3) is 0.583. The topological polar surface area (TPSA) is 233 Å². The van der Waals surface area contributed by atoms with Crippen LogP contribution in [0.2, 0.25) is 0 Å². The Bertz CT molecular complexity index is 2910. The van der Waals surface area contributed by atoms with Crippen LogP contribution in [0.1, 0.15) is 177 Å². The lowest BCUT2D eigenvalue weighted by molar-refractivity contribution is -0.137. The monoisotopic (exact) mass is 1090 g/mol. The van der Waals surface area contributed by atoms with Gasteiger partial charge in [0, 0.05) is 85.3 Å². The lowest BCUT2D eigenvalue weighted by Gasteiger charge is -2.30. The van der Waals surface area contributed by atoms with Crippen LogP contribution in [0.4, 0.5) is 9.18 Å². The van der Waals surface area contributed by atoms with Crippen LogP contribution in [0.25, 0.3) is 22.3 Å². The molecule has 4 N–H and O–H groups in total. The van der Waals surface area contributed by atoms with Gasteiger partial charge in [0.1, 0.15) is 24.2 Å². The number of halogens is 1. The molecule has 3 aromatic rings. The Labute approximate surface area is 462 Å². The molecule has 79 heavy (non-hydrogen) atoms. The average molecular weight is 1090 g/mol. The maximum atomic E-state index is 15.5. The summed E-state index contributed by atoms with van der Waals surface area (Å²) in [7, 11) is 1.50. The highest BCUT2D eigenvalue weighted by Crippen LogP contribution is 2.45. The highest BCUT2D eigenvalue weighted by atomic mass is 19.1. The molecule has 5 atom stereocenters. The number of nitrogens with zero attached hydrogens (tertiary/aromatic N) is 3. The molecule has 0 saturated heterocycles. The summed E-state index contributed by atoms with van der Waals surface area (Å²) in [6.45, 7) is 14.6. The number of amides is 6. The first-order valence-electron chi connectivity index (χ1n) is 28.2. The van der Waals surface area contributed by atoms with Crippen molar-refractivity contribution < 1.29 is 52.2 Å². The van der Waals surface area contributed by atoms with Gasteiger partial charge in [-0.1, -0.05) is 19.4 Å². The van der Waals surface area contributed by atoms with E-state index in [2.05, 4.69) is 21.3 Å². The molecule has 7 rings (SSSR count). The first-order chi connectivity index (χ1) is 37.6. The Balaban J connectivity index is 0.935. The van der Waals surface area contributed by atoms with Gasteiger partial charge >= 0.3 is 6.09 Å². The van der Waals surface area contributed by atoms with Crippen molar-refractivity contribution in [2.75, 3.05) is 26.8 Å². The zero-order chi connectivity index (χ0) is 57.2. The molecule has 6 amide bonds. The fourth-order valence-corrected chi connectivity index (χ4v) is 11.2. The Morgan fingerprint density at radius 3 is 2.42 bits per heavy atom. The second-order valence-corrected chi connectivity index (χ2v) is 23.1. The van der Waals surface area contributed by atoms with Crippen molar-refractivity contribution in [1.29, 1.82) is 0 Å². The van der Waals surface area contributed by atoms with E-state index in [1.54, 1.807) is 11.5 Å². The number of methoxy groups -OCH3 is 1. The number of unbranched alkanes of at least 4 members (excludes halogenated alkanes) is 3. The Morgan fingerprint density at radius 2 is 1.71 bits per heavy atom. The van der Waals surface area contributed by atoms with Crippen LogP contribution in [0.5, 0.6) is 0 Å². The predicted octanol–water partition coefficient (Wildman–Crippen LogP) is 7.90. The Hall–Kier alpha value is -6.60. The van der Waals surface area contributed by atoms with Gasteiger partial charge in [0.15, 0.2) is 0 Å². The number of benzene rings is 1. The number of ether oxygens (including phenoxy) is 3. The number of imide groups is 1. The number of pyridine rings is 2. The number of carbonyl (C=O) groups is 7. The molecule has 0 spiro atoms. The molecular formula is C60H80FN7O11. The van der Waals surface area contributed by atoms with Crippen molar-refractivity contribution in [3.8, 4) is 11.4 Å². The van der Waals surface area contributed by atoms with Crippen LogP contribution in [-0.4, -0.2) is 106 Å². The molecule has 2 aliphatic carbocycles. The molecule has 18 nitrogen and oxygen atoms in total. The molecule has 0 saturated carbocycles. The second kappa shape index (κ2) is 26.6. The zero-order valence-electron chi connectivity index (χ0n) is 47.3. The van der Waals surface area contributed by atoms with Crippen LogP contribution >= 0.6 is 0 Å². The van der Waals surface area contributed by atoms with Gasteiger partial charge in [-0.25, -0.2) is 14.2 Å². The summed E-state index contributed by atoms with van der Waals surface area (Å²) < 4.78 is 34.5.